The number of nitrogens with zero attached hydrogens (tertiary/aromatic N) is 2. The number of carbonyl (C=O) groups is 1. The van der Waals surface area contributed by atoms with Crippen LogP contribution in [0, 0.1) is 11.3 Å². The molecule has 6 heteroatoms. The van der Waals surface area contributed by atoms with Gasteiger partial charge in [0.05, 0.1) is 24.4 Å². The number of methoxy groups -OCH3 is 1. The number of rotatable bonds is 3. The molecular weight excluding hydrogens is 212 g/mol. The van der Waals surface area contributed by atoms with E-state index in [-0.39, 0.29) is 11.3 Å². The van der Waals surface area contributed by atoms with Gasteiger partial charge in [-0.25, -0.2) is 4.79 Å². The van der Waals surface area contributed by atoms with Crippen molar-refractivity contribution >= 4 is 5.97 Å². The van der Waals surface area contributed by atoms with E-state index in [1.165, 1.54) is 31.5 Å². The van der Waals surface area contributed by atoms with Gasteiger partial charge in [-0.05, 0) is 12.1 Å². The van der Waals surface area contributed by atoms with Crippen molar-refractivity contribution in [1.29, 1.82) is 5.26 Å². The molecule has 0 saturated carbocycles. The van der Waals surface area contributed by atoms with E-state index in [9.17, 15) is 9.90 Å². The smallest absolute Gasteiger partial charge is 0.339 e. The quantitative estimate of drug-likeness (QED) is 0.541. The monoisotopic (exact) mass is 222 g/mol. The summed E-state index contributed by atoms with van der Waals surface area (Å²) in [7, 11) is 1.24. The van der Waals surface area contributed by atoms with E-state index in [1.54, 1.807) is 0 Å². The number of hydrogen-bond acceptors (Lipinski definition) is 6. The van der Waals surface area contributed by atoms with Crippen molar-refractivity contribution in [1.82, 2.24) is 4.98 Å². The largest absolute Gasteiger partial charge is 0.465 e. The zero-order valence-electron chi connectivity index (χ0n) is 8.49. The first-order valence-electron chi connectivity index (χ1n) is 4.40. The number of aliphatic hydroxyl groups is 2. The van der Waals surface area contributed by atoms with Crippen LogP contribution in [0.25, 0.3) is 0 Å². The molecule has 0 aliphatic carbocycles. The highest BCUT2D eigenvalue weighted by atomic mass is 16.5. The number of pyridine rings is 1. The summed E-state index contributed by atoms with van der Waals surface area (Å²) in [6, 6.07) is 4.22. The van der Waals surface area contributed by atoms with Gasteiger partial charge in [0.1, 0.15) is 6.10 Å². The van der Waals surface area contributed by atoms with Crippen LogP contribution in [-0.2, 0) is 4.74 Å². The molecule has 0 radical (unpaired) electrons. The molecule has 1 heterocycles. The Bertz CT molecular complexity index is 410. The van der Waals surface area contributed by atoms with E-state index in [1.807, 2.05) is 0 Å². The van der Waals surface area contributed by atoms with Crippen LogP contribution in [-0.4, -0.2) is 34.4 Å². The Morgan fingerprint density at radius 2 is 2.25 bits per heavy atom. The van der Waals surface area contributed by atoms with Gasteiger partial charge >= 0.3 is 5.97 Å². The van der Waals surface area contributed by atoms with Crippen molar-refractivity contribution in [2.45, 2.75) is 12.2 Å². The molecule has 0 saturated heterocycles. The molecule has 16 heavy (non-hydrogen) atoms. The molecule has 6 nitrogen and oxygen atoms in total. The van der Waals surface area contributed by atoms with Gasteiger partial charge in [-0.1, -0.05) is 0 Å². The van der Waals surface area contributed by atoms with Crippen LogP contribution in [0.15, 0.2) is 18.3 Å². The summed E-state index contributed by atoms with van der Waals surface area (Å²) < 4.78 is 4.46. The van der Waals surface area contributed by atoms with Crippen LogP contribution in [0.5, 0.6) is 0 Å². The Labute approximate surface area is 91.7 Å². The molecule has 0 bridgehead atoms. The average Bonchev–Trinajstić information content (AvgIpc) is 2.36. The number of aromatic nitrogens is 1. The van der Waals surface area contributed by atoms with E-state index in [2.05, 4.69) is 9.72 Å². The summed E-state index contributed by atoms with van der Waals surface area (Å²) in [6.45, 7) is 0. The fourth-order valence-electron chi connectivity index (χ4n) is 1.05. The van der Waals surface area contributed by atoms with Crippen LogP contribution in [0.2, 0.25) is 0 Å². The van der Waals surface area contributed by atoms with Gasteiger partial charge in [0, 0.05) is 6.20 Å². The lowest BCUT2D eigenvalue weighted by atomic mass is 10.1. The molecule has 1 aromatic rings. The zero-order valence-corrected chi connectivity index (χ0v) is 8.49. The maximum atomic E-state index is 11.1. The summed E-state index contributed by atoms with van der Waals surface area (Å²) in [5, 5.41) is 26.9. The van der Waals surface area contributed by atoms with Crippen molar-refractivity contribution < 1.29 is 19.7 Å². The SMILES string of the molecule is COC(=O)c1ccc(C(O)C(O)C#N)nc1. The molecule has 0 aliphatic heterocycles. The Kier molecular flexibility index (Phi) is 3.94. The first-order chi connectivity index (χ1) is 7.60. The van der Waals surface area contributed by atoms with Crippen molar-refractivity contribution in [2.75, 3.05) is 7.11 Å². The summed E-state index contributed by atoms with van der Waals surface area (Å²) in [4.78, 5) is 14.8. The van der Waals surface area contributed by atoms with Crippen molar-refractivity contribution in [2.24, 2.45) is 0 Å². The minimum Gasteiger partial charge on any atom is -0.465 e. The minimum absolute atomic E-state index is 0.113. The molecular formula is C10H10N2O4. The lowest BCUT2D eigenvalue weighted by Crippen LogP contribution is -2.17. The van der Waals surface area contributed by atoms with Crippen LogP contribution in [0.4, 0.5) is 0 Å². The fraction of sp³-hybridized carbons (Fsp3) is 0.300. The van der Waals surface area contributed by atoms with Gasteiger partial charge in [-0.2, -0.15) is 5.26 Å². The first kappa shape index (κ1) is 12.1. The lowest BCUT2D eigenvalue weighted by molar-refractivity contribution is 0.0496. The lowest BCUT2D eigenvalue weighted by Gasteiger charge is -2.10. The second kappa shape index (κ2) is 5.21. The zero-order chi connectivity index (χ0) is 12.1. The topological polar surface area (TPSA) is 103 Å². The van der Waals surface area contributed by atoms with E-state index < -0.39 is 18.2 Å². The maximum Gasteiger partial charge on any atom is 0.339 e. The molecule has 0 spiro atoms. The number of aliphatic hydroxyl groups excluding tert-OH is 2. The van der Waals surface area contributed by atoms with Crippen LogP contribution in [0.1, 0.15) is 22.2 Å². The van der Waals surface area contributed by atoms with Gasteiger partial charge in [-0.15, -0.1) is 0 Å². The van der Waals surface area contributed by atoms with E-state index >= 15 is 0 Å². The molecule has 0 amide bonds. The number of esters is 1. The van der Waals surface area contributed by atoms with Crippen molar-refractivity contribution in [3.63, 3.8) is 0 Å². The normalized spacial score (nSPS) is 13.6. The summed E-state index contributed by atoms with van der Waals surface area (Å²) >= 11 is 0. The number of nitriles is 1. The van der Waals surface area contributed by atoms with E-state index in [4.69, 9.17) is 10.4 Å². The van der Waals surface area contributed by atoms with Gasteiger partial charge < -0.3 is 14.9 Å². The third kappa shape index (κ3) is 2.53. The van der Waals surface area contributed by atoms with Gasteiger partial charge in [0.15, 0.2) is 6.10 Å². The second-order valence-electron chi connectivity index (χ2n) is 2.98. The Hall–Kier alpha value is -1.97. The van der Waals surface area contributed by atoms with Gasteiger partial charge in [0.2, 0.25) is 0 Å². The molecule has 84 valence electrons. The summed E-state index contributed by atoms with van der Waals surface area (Å²) in [5.74, 6) is -0.547. The van der Waals surface area contributed by atoms with Crippen LogP contribution >= 0.6 is 0 Å². The fourth-order valence-corrected chi connectivity index (χ4v) is 1.05. The van der Waals surface area contributed by atoms with Crippen LogP contribution in [0.3, 0.4) is 0 Å². The number of ether oxygens (including phenoxy) is 1. The van der Waals surface area contributed by atoms with Crippen molar-refractivity contribution in [3.05, 3.63) is 29.6 Å². The molecule has 0 fully saturated rings. The molecule has 0 aromatic carbocycles. The predicted octanol–water partition coefficient (Wildman–Crippen LogP) is -0.214. The highest BCUT2D eigenvalue weighted by molar-refractivity contribution is 5.88. The molecule has 0 aliphatic rings. The minimum atomic E-state index is -1.54. The maximum absolute atomic E-state index is 11.1. The summed E-state index contributed by atoms with van der Waals surface area (Å²) in [5.41, 5.74) is 0.339. The van der Waals surface area contributed by atoms with Gasteiger partial charge in [-0.3, -0.25) is 4.98 Å². The average molecular weight is 222 g/mol. The van der Waals surface area contributed by atoms with Gasteiger partial charge in [0.25, 0.3) is 0 Å². The Morgan fingerprint density at radius 1 is 1.56 bits per heavy atom. The molecule has 1 rings (SSSR count). The van der Waals surface area contributed by atoms with Crippen molar-refractivity contribution in [3.8, 4) is 6.07 Å². The highest BCUT2D eigenvalue weighted by Gasteiger charge is 2.19. The third-order valence-electron chi connectivity index (χ3n) is 1.94. The molecule has 1 aromatic heterocycles. The second-order valence-corrected chi connectivity index (χ2v) is 2.98. The molecule has 2 atom stereocenters. The summed E-state index contributed by atoms with van der Waals surface area (Å²) in [6.07, 6.45) is -1.73. The first-order valence-corrected chi connectivity index (χ1v) is 4.40. The molecule has 2 unspecified atom stereocenters. The molecule has 2 N–H and O–H groups in total. The third-order valence-corrected chi connectivity index (χ3v) is 1.94. The Balaban J connectivity index is 2.87. The van der Waals surface area contributed by atoms with Crippen LogP contribution < -0.4 is 0 Å². The highest BCUT2D eigenvalue weighted by Crippen LogP contribution is 2.14. The number of carbonyl (C=O) groups excluding carboxylic acids is 1. The standard InChI is InChI=1S/C10H10N2O4/c1-16-10(15)6-2-3-7(12-5-6)9(14)8(13)4-11/h2-3,5,8-9,13-14H,1H3. The van der Waals surface area contributed by atoms with E-state index in [0.29, 0.717) is 0 Å². The number of hydrogen-bond donors (Lipinski definition) is 2. The Morgan fingerprint density at radius 3 is 2.69 bits per heavy atom. The predicted molar refractivity (Wildman–Crippen MR) is 52.2 cm³/mol. The van der Waals surface area contributed by atoms with E-state index in [0.717, 1.165) is 0 Å².